The van der Waals surface area contributed by atoms with Crippen LogP contribution in [0, 0.1) is 0 Å². The average Bonchev–Trinajstić information content (AvgIpc) is 1.81. The first-order valence-corrected chi connectivity index (χ1v) is 2.72. The van der Waals surface area contributed by atoms with Gasteiger partial charge in [0.1, 0.15) is 0 Å². The Kier molecular flexibility index (Phi) is 15.3. The first-order valence-electron chi connectivity index (χ1n) is 2.72. The van der Waals surface area contributed by atoms with Gasteiger partial charge < -0.3 is 9.84 Å². The Balaban J connectivity index is 0. The van der Waals surface area contributed by atoms with Crippen LogP contribution in [0.2, 0.25) is 0 Å². The van der Waals surface area contributed by atoms with Crippen LogP contribution in [-0.4, -0.2) is 13.2 Å². The third-order valence-corrected chi connectivity index (χ3v) is 0.774. The Morgan fingerprint density at radius 1 is 1.44 bits per heavy atom. The third kappa shape index (κ3) is 11.9. The predicted octanol–water partition coefficient (Wildman–Crippen LogP) is -2.71. The molecule has 48 valence electrons. The number of unbranched alkanes of at least 4 members (excludes halogenated alkanes) is 1. The Morgan fingerprint density at radius 2 is 2.11 bits per heavy atom. The van der Waals surface area contributed by atoms with Crippen molar-refractivity contribution in [2.45, 2.75) is 12.8 Å². The number of rotatable bonds is 5. The molecule has 0 rings (SSSR count). The Bertz CT molecular complexity index is 57.0. The second kappa shape index (κ2) is 11.3. The van der Waals surface area contributed by atoms with E-state index < -0.39 is 0 Å². The molecule has 0 aliphatic carbocycles. The van der Waals surface area contributed by atoms with Crippen molar-refractivity contribution < 1.29 is 39.4 Å². The van der Waals surface area contributed by atoms with Gasteiger partial charge in [0.15, 0.2) is 0 Å². The van der Waals surface area contributed by atoms with E-state index in [1.54, 1.807) is 0 Å². The fourth-order valence-electron chi connectivity index (χ4n) is 0.371. The molecule has 0 aliphatic rings. The van der Waals surface area contributed by atoms with Gasteiger partial charge in [-0.25, -0.2) is 0 Å². The Hall–Kier alpha value is 0.500. The van der Waals surface area contributed by atoms with Gasteiger partial charge in [0, 0.05) is 0 Å². The van der Waals surface area contributed by atoms with E-state index in [4.69, 9.17) is 4.74 Å². The summed E-state index contributed by atoms with van der Waals surface area (Å²) in [5.74, 6) is 0. The SMILES string of the molecule is C=COCCCC[O-].[Na+]. The standard InChI is InChI=1S/C6H11O2.Na/c1-2-8-6-4-3-5-7;/h2H,1,3-6H2;/q-1;+1. The van der Waals surface area contributed by atoms with E-state index in [0.717, 1.165) is 6.42 Å². The first-order chi connectivity index (χ1) is 3.91. The van der Waals surface area contributed by atoms with Crippen molar-refractivity contribution in [2.75, 3.05) is 13.2 Å². The van der Waals surface area contributed by atoms with Crippen molar-refractivity contribution in [1.82, 2.24) is 0 Å². The van der Waals surface area contributed by atoms with Crippen LogP contribution in [0.1, 0.15) is 12.8 Å². The van der Waals surface area contributed by atoms with E-state index in [9.17, 15) is 5.11 Å². The zero-order chi connectivity index (χ0) is 6.24. The minimum absolute atomic E-state index is 0. The van der Waals surface area contributed by atoms with E-state index >= 15 is 0 Å². The minimum atomic E-state index is 0. The van der Waals surface area contributed by atoms with Crippen molar-refractivity contribution in [3.63, 3.8) is 0 Å². The molecule has 0 N–H and O–H groups in total. The normalized spacial score (nSPS) is 7.67. The monoisotopic (exact) mass is 138 g/mol. The maximum atomic E-state index is 9.81. The molecule has 0 aliphatic heterocycles. The molecule has 0 bridgehead atoms. The van der Waals surface area contributed by atoms with Crippen LogP contribution in [-0.2, 0) is 4.74 Å². The topological polar surface area (TPSA) is 32.3 Å². The van der Waals surface area contributed by atoms with Crippen molar-refractivity contribution in [1.29, 1.82) is 0 Å². The van der Waals surface area contributed by atoms with Gasteiger partial charge in [-0.05, 0) is 6.42 Å². The van der Waals surface area contributed by atoms with Gasteiger partial charge in [0.2, 0.25) is 0 Å². The van der Waals surface area contributed by atoms with Crippen LogP contribution in [0.5, 0.6) is 0 Å². The van der Waals surface area contributed by atoms with Gasteiger partial charge in [-0.15, -0.1) is 6.61 Å². The molecule has 0 saturated heterocycles. The van der Waals surface area contributed by atoms with Crippen molar-refractivity contribution >= 4 is 0 Å². The van der Waals surface area contributed by atoms with Crippen LogP contribution in [0.3, 0.4) is 0 Å². The zero-order valence-electron chi connectivity index (χ0n) is 5.93. The minimum Gasteiger partial charge on any atom is -0.854 e. The molecule has 0 amide bonds. The van der Waals surface area contributed by atoms with Crippen LogP contribution in [0.25, 0.3) is 0 Å². The first kappa shape index (κ1) is 12.2. The summed E-state index contributed by atoms with van der Waals surface area (Å²) in [7, 11) is 0. The summed E-state index contributed by atoms with van der Waals surface area (Å²) >= 11 is 0. The van der Waals surface area contributed by atoms with Crippen molar-refractivity contribution in [2.24, 2.45) is 0 Å². The fourth-order valence-corrected chi connectivity index (χ4v) is 0.371. The fraction of sp³-hybridized carbons (Fsp3) is 0.667. The Labute approximate surface area is 78.2 Å². The van der Waals surface area contributed by atoms with E-state index in [1.807, 2.05) is 0 Å². The molecular formula is C6H11NaO2. The van der Waals surface area contributed by atoms with Crippen LogP contribution >= 0.6 is 0 Å². The largest absolute Gasteiger partial charge is 1.00 e. The van der Waals surface area contributed by atoms with Crippen LogP contribution in [0.15, 0.2) is 12.8 Å². The maximum absolute atomic E-state index is 9.81. The maximum Gasteiger partial charge on any atom is 1.00 e. The molecule has 2 nitrogen and oxygen atoms in total. The molecule has 0 aromatic rings. The summed E-state index contributed by atoms with van der Waals surface area (Å²) in [5.41, 5.74) is 0. The molecule has 0 saturated carbocycles. The van der Waals surface area contributed by atoms with E-state index in [-0.39, 0.29) is 36.2 Å². The second-order valence-electron chi connectivity index (χ2n) is 1.45. The average molecular weight is 138 g/mol. The summed E-state index contributed by atoms with van der Waals surface area (Å²) in [4.78, 5) is 0. The van der Waals surface area contributed by atoms with Crippen LogP contribution in [0.4, 0.5) is 0 Å². The molecule has 0 fully saturated rings. The third-order valence-electron chi connectivity index (χ3n) is 0.774. The van der Waals surface area contributed by atoms with Crippen molar-refractivity contribution in [3.05, 3.63) is 12.8 Å². The van der Waals surface area contributed by atoms with Gasteiger partial charge in [-0.3, -0.25) is 0 Å². The van der Waals surface area contributed by atoms with E-state index in [0.29, 0.717) is 13.0 Å². The van der Waals surface area contributed by atoms with E-state index in [2.05, 4.69) is 6.58 Å². The quantitative estimate of drug-likeness (QED) is 0.235. The van der Waals surface area contributed by atoms with Crippen LogP contribution < -0.4 is 34.7 Å². The molecule has 0 aromatic heterocycles. The van der Waals surface area contributed by atoms with Gasteiger partial charge in [0.05, 0.1) is 12.9 Å². The van der Waals surface area contributed by atoms with Gasteiger partial charge in [0.25, 0.3) is 0 Å². The van der Waals surface area contributed by atoms with Gasteiger partial charge >= 0.3 is 29.6 Å². The molecule has 0 heterocycles. The summed E-state index contributed by atoms with van der Waals surface area (Å²) in [6, 6.07) is 0. The predicted molar refractivity (Wildman–Crippen MR) is 30.2 cm³/mol. The smallest absolute Gasteiger partial charge is 0.854 e. The zero-order valence-corrected chi connectivity index (χ0v) is 7.93. The summed E-state index contributed by atoms with van der Waals surface area (Å²) in [6.45, 7) is 3.99. The van der Waals surface area contributed by atoms with Gasteiger partial charge in [-0.2, -0.15) is 0 Å². The molecule has 0 radical (unpaired) electrons. The van der Waals surface area contributed by atoms with Crippen molar-refractivity contribution in [3.8, 4) is 0 Å². The number of hydrogen-bond acceptors (Lipinski definition) is 2. The molecule has 0 aromatic carbocycles. The second-order valence-corrected chi connectivity index (χ2v) is 1.45. The molecule has 9 heavy (non-hydrogen) atoms. The molecule has 3 heteroatoms. The van der Waals surface area contributed by atoms with E-state index in [1.165, 1.54) is 6.26 Å². The molecule has 0 atom stereocenters. The Morgan fingerprint density at radius 3 is 2.56 bits per heavy atom. The summed E-state index contributed by atoms with van der Waals surface area (Å²) < 4.78 is 4.76. The summed E-state index contributed by atoms with van der Waals surface area (Å²) in [5, 5.41) is 9.81. The molecule has 0 unspecified atom stereocenters. The van der Waals surface area contributed by atoms with Gasteiger partial charge in [-0.1, -0.05) is 13.0 Å². The molecule has 0 spiro atoms. The summed E-state index contributed by atoms with van der Waals surface area (Å²) in [6.07, 6.45) is 2.94. The number of ether oxygens (including phenoxy) is 1. The molecular weight excluding hydrogens is 127 g/mol. The number of hydrogen-bond donors (Lipinski definition) is 0.